The summed E-state index contributed by atoms with van der Waals surface area (Å²) in [5.41, 5.74) is 5.11. The Morgan fingerprint density at radius 1 is 1.44 bits per heavy atom. The summed E-state index contributed by atoms with van der Waals surface area (Å²) >= 11 is 0. The van der Waals surface area contributed by atoms with Crippen molar-refractivity contribution in [1.29, 1.82) is 0 Å². The standard InChI is InChI=1S/C5H13NO.C2H6/c1-2-3-5(7)4-6;1-2/h5,7H,2-4,6H2,1H3;1-2H3/t5-;/m0./s1. The second-order valence-corrected chi connectivity index (χ2v) is 1.68. The smallest absolute Gasteiger partial charge is 0.0662 e. The molecular weight excluding hydrogens is 114 g/mol. The van der Waals surface area contributed by atoms with Crippen molar-refractivity contribution in [2.24, 2.45) is 5.73 Å². The number of nitrogens with two attached hydrogens (primary N) is 1. The summed E-state index contributed by atoms with van der Waals surface area (Å²) in [5.74, 6) is 0. The average Bonchev–Trinajstić information content (AvgIpc) is 1.93. The highest BCUT2D eigenvalue weighted by atomic mass is 16.3. The fourth-order valence-corrected chi connectivity index (χ4v) is 0.451. The highest BCUT2D eigenvalue weighted by molar-refractivity contribution is 4.51. The van der Waals surface area contributed by atoms with Gasteiger partial charge in [0.25, 0.3) is 0 Å². The van der Waals surface area contributed by atoms with Gasteiger partial charge < -0.3 is 10.8 Å². The SMILES string of the molecule is CC.CCC[C@H](O)CN. The van der Waals surface area contributed by atoms with Crippen LogP contribution in [-0.4, -0.2) is 17.8 Å². The molecule has 0 amide bonds. The number of aliphatic hydroxyl groups excluding tert-OH is 1. The zero-order chi connectivity index (χ0) is 7.70. The Labute approximate surface area is 58.1 Å². The zero-order valence-corrected chi connectivity index (χ0v) is 6.72. The van der Waals surface area contributed by atoms with Gasteiger partial charge >= 0.3 is 0 Å². The molecule has 0 rings (SSSR count). The molecule has 0 heterocycles. The van der Waals surface area contributed by atoms with Gasteiger partial charge in [-0.05, 0) is 6.42 Å². The quantitative estimate of drug-likeness (QED) is 0.606. The molecule has 0 fully saturated rings. The number of rotatable bonds is 3. The van der Waals surface area contributed by atoms with E-state index in [4.69, 9.17) is 10.8 Å². The van der Waals surface area contributed by atoms with Gasteiger partial charge in [-0.3, -0.25) is 0 Å². The first-order valence-electron chi connectivity index (χ1n) is 3.69. The molecule has 2 nitrogen and oxygen atoms in total. The summed E-state index contributed by atoms with van der Waals surface area (Å²) in [6, 6.07) is 0. The number of hydrogen-bond donors (Lipinski definition) is 2. The van der Waals surface area contributed by atoms with Crippen LogP contribution in [0.1, 0.15) is 33.6 Å². The minimum atomic E-state index is -0.273. The van der Waals surface area contributed by atoms with E-state index in [9.17, 15) is 0 Å². The molecule has 0 aliphatic rings. The molecule has 0 aliphatic carbocycles. The minimum Gasteiger partial charge on any atom is -0.392 e. The van der Waals surface area contributed by atoms with Crippen molar-refractivity contribution in [3.8, 4) is 0 Å². The lowest BCUT2D eigenvalue weighted by Crippen LogP contribution is -2.18. The predicted octanol–water partition coefficient (Wildman–Crippen LogP) is 1.13. The molecule has 2 heteroatoms. The van der Waals surface area contributed by atoms with Gasteiger partial charge in [0.1, 0.15) is 0 Å². The molecule has 0 radical (unpaired) electrons. The molecule has 9 heavy (non-hydrogen) atoms. The molecule has 0 spiro atoms. The van der Waals surface area contributed by atoms with E-state index in [1.54, 1.807) is 0 Å². The van der Waals surface area contributed by atoms with Crippen LogP contribution in [0.2, 0.25) is 0 Å². The van der Waals surface area contributed by atoms with Gasteiger partial charge in [-0.15, -0.1) is 0 Å². The first-order chi connectivity index (χ1) is 4.31. The highest BCUT2D eigenvalue weighted by Gasteiger charge is 1.94. The second-order valence-electron chi connectivity index (χ2n) is 1.68. The van der Waals surface area contributed by atoms with Crippen LogP contribution >= 0.6 is 0 Å². The van der Waals surface area contributed by atoms with Gasteiger partial charge in [0.05, 0.1) is 6.10 Å². The van der Waals surface area contributed by atoms with Gasteiger partial charge in [0.15, 0.2) is 0 Å². The van der Waals surface area contributed by atoms with Crippen molar-refractivity contribution >= 4 is 0 Å². The van der Waals surface area contributed by atoms with Gasteiger partial charge in [-0.2, -0.15) is 0 Å². The van der Waals surface area contributed by atoms with Crippen molar-refractivity contribution in [2.75, 3.05) is 6.54 Å². The maximum Gasteiger partial charge on any atom is 0.0662 e. The van der Waals surface area contributed by atoms with E-state index < -0.39 is 0 Å². The highest BCUT2D eigenvalue weighted by Crippen LogP contribution is 1.91. The molecule has 0 aliphatic heterocycles. The molecule has 0 unspecified atom stereocenters. The third kappa shape index (κ3) is 11.5. The van der Waals surface area contributed by atoms with E-state index >= 15 is 0 Å². The van der Waals surface area contributed by atoms with Crippen LogP contribution in [0.4, 0.5) is 0 Å². The third-order valence-corrected chi connectivity index (χ3v) is 0.894. The van der Waals surface area contributed by atoms with Crippen molar-refractivity contribution in [2.45, 2.75) is 39.7 Å². The summed E-state index contributed by atoms with van der Waals surface area (Å²) in [6.07, 6.45) is 1.57. The van der Waals surface area contributed by atoms with Crippen LogP contribution in [0, 0.1) is 0 Å². The Kier molecular flexibility index (Phi) is 14.0. The van der Waals surface area contributed by atoms with E-state index in [1.165, 1.54) is 0 Å². The molecular formula is C7H19NO. The monoisotopic (exact) mass is 133 g/mol. The molecule has 3 N–H and O–H groups in total. The molecule has 1 atom stereocenters. The van der Waals surface area contributed by atoms with E-state index in [0.29, 0.717) is 6.54 Å². The van der Waals surface area contributed by atoms with Gasteiger partial charge in [0.2, 0.25) is 0 Å². The number of hydrogen-bond acceptors (Lipinski definition) is 2. The Morgan fingerprint density at radius 2 is 1.89 bits per heavy atom. The fourth-order valence-electron chi connectivity index (χ4n) is 0.451. The summed E-state index contributed by atoms with van der Waals surface area (Å²) in [4.78, 5) is 0. The van der Waals surface area contributed by atoms with Crippen LogP contribution < -0.4 is 5.73 Å². The molecule has 0 aromatic heterocycles. The van der Waals surface area contributed by atoms with Crippen LogP contribution in [0.25, 0.3) is 0 Å². The van der Waals surface area contributed by atoms with Gasteiger partial charge in [0, 0.05) is 6.54 Å². The molecule has 0 aromatic rings. The van der Waals surface area contributed by atoms with Crippen LogP contribution in [-0.2, 0) is 0 Å². The lowest BCUT2D eigenvalue weighted by atomic mass is 10.2. The lowest BCUT2D eigenvalue weighted by Gasteiger charge is -2.01. The third-order valence-electron chi connectivity index (χ3n) is 0.894. The predicted molar refractivity (Wildman–Crippen MR) is 41.3 cm³/mol. The van der Waals surface area contributed by atoms with E-state index in [2.05, 4.69) is 0 Å². The minimum absolute atomic E-state index is 0.273. The summed E-state index contributed by atoms with van der Waals surface area (Å²) in [5, 5.41) is 8.73. The average molecular weight is 133 g/mol. The Hall–Kier alpha value is -0.0800. The van der Waals surface area contributed by atoms with E-state index in [1.807, 2.05) is 20.8 Å². The molecule has 0 aromatic carbocycles. The first-order valence-corrected chi connectivity index (χ1v) is 3.69. The van der Waals surface area contributed by atoms with Gasteiger partial charge in [-0.1, -0.05) is 27.2 Å². The summed E-state index contributed by atoms with van der Waals surface area (Å²) in [7, 11) is 0. The maximum absolute atomic E-state index is 8.73. The van der Waals surface area contributed by atoms with E-state index in [0.717, 1.165) is 12.8 Å². The molecule has 58 valence electrons. The zero-order valence-electron chi connectivity index (χ0n) is 6.72. The molecule has 0 saturated carbocycles. The normalized spacial score (nSPS) is 11.7. The van der Waals surface area contributed by atoms with Crippen molar-refractivity contribution < 1.29 is 5.11 Å². The lowest BCUT2D eigenvalue weighted by molar-refractivity contribution is 0.172. The molecule has 0 saturated heterocycles. The van der Waals surface area contributed by atoms with Crippen LogP contribution in [0.3, 0.4) is 0 Å². The van der Waals surface area contributed by atoms with Crippen LogP contribution in [0.5, 0.6) is 0 Å². The summed E-state index contributed by atoms with van der Waals surface area (Å²) < 4.78 is 0. The van der Waals surface area contributed by atoms with Gasteiger partial charge in [-0.25, -0.2) is 0 Å². The van der Waals surface area contributed by atoms with E-state index in [-0.39, 0.29) is 6.10 Å². The van der Waals surface area contributed by atoms with Crippen molar-refractivity contribution in [3.05, 3.63) is 0 Å². The second kappa shape index (κ2) is 10.8. The Balaban J connectivity index is 0. The Bertz CT molecular complexity index is 39.9. The van der Waals surface area contributed by atoms with Crippen LogP contribution in [0.15, 0.2) is 0 Å². The van der Waals surface area contributed by atoms with Crippen molar-refractivity contribution in [3.63, 3.8) is 0 Å². The number of aliphatic hydroxyl groups is 1. The Morgan fingerprint density at radius 3 is 2.00 bits per heavy atom. The fraction of sp³-hybridized carbons (Fsp3) is 1.00. The molecule has 0 bridgehead atoms. The first kappa shape index (κ1) is 11.7. The van der Waals surface area contributed by atoms with Crippen molar-refractivity contribution in [1.82, 2.24) is 0 Å². The summed E-state index contributed by atoms with van der Waals surface area (Å²) in [6.45, 7) is 6.42. The largest absolute Gasteiger partial charge is 0.392 e. The topological polar surface area (TPSA) is 46.2 Å². The maximum atomic E-state index is 8.73.